The number of benzene rings is 2. The number of para-hydroxylation sites is 2. The lowest BCUT2D eigenvalue weighted by atomic mass is 9.94. The SMILES string of the molecule is CCOc1ccccc1NC(=O)C1=C(C)Nc2nc(SCC)nn2C1c1cc(Br)c(OCCC(C)C)c(OCC)c1. The fraction of sp³-hybridized carbons (Fsp3) is 0.433. The number of rotatable bonds is 13. The van der Waals surface area contributed by atoms with Crippen molar-refractivity contribution in [2.75, 3.05) is 36.2 Å². The first-order valence-corrected chi connectivity index (χ1v) is 15.7. The predicted molar refractivity (Wildman–Crippen MR) is 167 cm³/mol. The van der Waals surface area contributed by atoms with Crippen LogP contribution in [0.5, 0.6) is 17.2 Å². The average Bonchev–Trinajstić information content (AvgIpc) is 3.32. The Morgan fingerprint density at radius 2 is 1.85 bits per heavy atom. The van der Waals surface area contributed by atoms with E-state index in [2.05, 4.69) is 52.3 Å². The maximum Gasteiger partial charge on any atom is 0.255 e. The summed E-state index contributed by atoms with van der Waals surface area (Å²) in [4.78, 5) is 18.7. The van der Waals surface area contributed by atoms with Gasteiger partial charge in [0.15, 0.2) is 11.5 Å². The molecule has 3 aromatic rings. The number of aromatic nitrogens is 3. The van der Waals surface area contributed by atoms with Crippen molar-refractivity contribution < 1.29 is 19.0 Å². The van der Waals surface area contributed by atoms with Gasteiger partial charge >= 0.3 is 0 Å². The fourth-order valence-electron chi connectivity index (χ4n) is 4.51. The summed E-state index contributed by atoms with van der Waals surface area (Å²) in [7, 11) is 0. The third kappa shape index (κ3) is 7.19. The third-order valence-corrected chi connectivity index (χ3v) is 7.68. The highest BCUT2D eigenvalue weighted by atomic mass is 79.9. The lowest BCUT2D eigenvalue weighted by molar-refractivity contribution is -0.113. The first-order chi connectivity index (χ1) is 19.8. The second-order valence-electron chi connectivity index (χ2n) is 9.84. The van der Waals surface area contributed by atoms with Gasteiger partial charge in [0.05, 0.1) is 35.6 Å². The van der Waals surface area contributed by atoms with E-state index in [1.807, 2.05) is 57.2 Å². The minimum Gasteiger partial charge on any atom is -0.492 e. The number of carbonyl (C=O) groups excluding carboxylic acids is 1. The molecule has 1 atom stereocenters. The normalized spacial score (nSPS) is 14.5. The lowest BCUT2D eigenvalue weighted by Crippen LogP contribution is -2.31. The topological polar surface area (TPSA) is 99.5 Å². The Morgan fingerprint density at radius 1 is 1.12 bits per heavy atom. The quantitative estimate of drug-likeness (QED) is 0.187. The largest absolute Gasteiger partial charge is 0.492 e. The molecule has 11 heteroatoms. The van der Waals surface area contributed by atoms with Crippen LogP contribution in [0.2, 0.25) is 0 Å². The van der Waals surface area contributed by atoms with Crippen LogP contribution in [0.25, 0.3) is 0 Å². The number of nitrogens with one attached hydrogen (secondary N) is 2. The number of carbonyl (C=O) groups is 1. The van der Waals surface area contributed by atoms with E-state index < -0.39 is 6.04 Å². The van der Waals surface area contributed by atoms with Gasteiger partial charge in [0.25, 0.3) is 5.91 Å². The van der Waals surface area contributed by atoms with Crippen molar-refractivity contribution in [2.45, 2.75) is 59.2 Å². The van der Waals surface area contributed by atoms with Gasteiger partial charge in [0, 0.05) is 5.70 Å². The second kappa shape index (κ2) is 14.1. The Kier molecular flexibility index (Phi) is 10.6. The van der Waals surface area contributed by atoms with Crippen molar-refractivity contribution in [1.82, 2.24) is 14.8 Å². The Morgan fingerprint density at radius 3 is 2.56 bits per heavy atom. The number of hydrogen-bond acceptors (Lipinski definition) is 8. The first kappa shape index (κ1) is 30.8. The number of halogens is 1. The molecule has 1 unspecified atom stereocenters. The molecule has 2 N–H and O–H groups in total. The van der Waals surface area contributed by atoms with Crippen molar-refractivity contribution in [3.05, 3.63) is 57.7 Å². The van der Waals surface area contributed by atoms with Crippen LogP contribution in [0.15, 0.2) is 57.3 Å². The molecule has 0 saturated heterocycles. The van der Waals surface area contributed by atoms with Gasteiger partial charge in [-0.25, -0.2) is 4.68 Å². The highest BCUT2D eigenvalue weighted by Crippen LogP contribution is 2.43. The average molecular weight is 645 g/mol. The Labute approximate surface area is 254 Å². The van der Waals surface area contributed by atoms with Crippen molar-refractivity contribution in [3.63, 3.8) is 0 Å². The number of ether oxygens (including phenoxy) is 3. The zero-order valence-corrected chi connectivity index (χ0v) is 26.8. The van der Waals surface area contributed by atoms with Gasteiger partial charge in [0.2, 0.25) is 11.1 Å². The molecular formula is C30H38BrN5O4S. The summed E-state index contributed by atoms with van der Waals surface area (Å²) in [5, 5.41) is 11.8. The zero-order chi connectivity index (χ0) is 29.5. The molecule has 2 aromatic carbocycles. The van der Waals surface area contributed by atoms with Crippen molar-refractivity contribution in [2.24, 2.45) is 5.92 Å². The summed E-state index contributed by atoms with van der Waals surface area (Å²) in [5.41, 5.74) is 2.58. The number of amides is 1. The number of fused-ring (bicyclic) bond motifs is 1. The van der Waals surface area contributed by atoms with E-state index in [-0.39, 0.29) is 5.91 Å². The van der Waals surface area contributed by atoms with Crippen LogP contribution in [-0.4, -0.2) is 46.2 Å². The molecule has 4 rings (SSSR count). The molecule has 0 spiro atoms. The molecule has 1 aromatic heterocycles. The molecule has 0 saturated carbocycles. The summed E-state index contributed by atoms with van der Waals surface area (Å²) < 4.78 is 20.5. The third-order valence-electron chi connectivity index (χ3n) is 6.38. The molecule has 0 fully saturated rings. The van der Waals surface area contributed by atoms with Crippen molar-refractivity contribution in [3.8, 4) is 17.2 Å². The van der Waals surface area contributed by atoms with Gasteiger partial charge in [-0.05, 0) is 84.6 Å². The van der Waals surface area contributed by atoms with Gasteiger partial charge in [0.1, 0.15) is 11.8 Å². The molecular weight excluding hydrogens is 606 g/mol. The van der Waals surface area contributed by atoms with Crippen molar-refractivity contribution >= 4 is 45.2 Å². The van der Waals surface area contributed by atoms with E-state index in [1.165, 1.54) is 0 Å². The van der Waals surface area contributed by atoms with E-state index in [0.29, 0.717) is 71.0 Å². The monoisotopic (exact) mass is 643 g/mol. The van der Waals surface area contributed by atoms with Crippen LogP contribution < -0.4 is 24.8 Å². The van der Waals surface area contributed by atoms with E-state index >= 15 is 0 Å². The molecule has 41 heavy (non-hydrogen) atoms. The molecule has 9 nitrogen and oxygen atoms in total. The highest BCUT2D eigenvalue weighted by Gasteiger charge is 2.35. The molecule has 220 valence electrons. The summed E-state index contributed by atoms with van der Waals surface area (Å²) in [6.45, 7) is 13.6. The predicted octanol–water partition coefficient (Wildman–Crippen LogP) is 7.30. The maximum atomic E-state index is 14.0. The summed E-state index contributed by atoms with van der Waals surface area (Å²) in [5.74, 6) is 3.48. The first-order valence-electron chi connectivity index (χ1n) is 14.0. The highest BCUT2D eigenvalue weighted by molar-refractivity contribution is 9.10. The van der Waals surface area contributed by atoms with Crippen LogP contribution in [0, 0.1) is 5.92 Å². The zero-order valence-electron chi connectivity index (χ0n) is 24.4. The van der Waals surface area contributed by atoms with Crippen LogP contribution in [0.4, 0.5) is 11.6 Å². The number of nitrogens with zero attached hydrogens (tertiary/aromatic N) is 3. The van der Waals surface area contributed by atoms with Gasteiger partial charge in [-0.3, -0.25) is 4.79 Å². The molecule has 1 aliphatic rings. The Balaban J connectivity index is 1.80. The minimum atomic E-state index is -0.579. The Hall–Kier alpha value is -3.18. The number of allylic oxidation sites excluding steroid dienone is 1. The minimum absolute atomic E-state index is 0.274. The van der Waals surface area contributed by atoms with Crippen LogP contribution in [-0.2, 0) is 4.79 Å². The number of thioether (sulfide) groups is 1. The smallest absolute Gasteiger partial charge is 0.255 e. The molecule has 0 radical (unpaired) electrons. The number of hydrogen-bond donors (Lipinski definition) is 2. The van der Waals surface area contributed by atoms with E-state index in [4.69, 9.17) is 19.3 Å². The molecule has 0 bridgehead atoms. The van der Waals surface area contributed by atoms with E-state index in [0.717, 1.165) is 22.2 Å². The number of anilines is 2. The summed E-state index contributed by atoms with van der Waals surface area (Å²) in [6, 6.07) is 10.7. The second-order valence-corrected chi connectivity index (χ2v) is 11.9. The molecule has 1 aliphatic heterocycles. The summed E-state index contributed by atoms with van der Waals surface area (Å²) in [6.07, 6.45) is 0.920. The van der Waals surface area contributed by atoms with Gasteiger partial charge in [-0.1, -0.05) is 44.7 Å². The van der Waals surface area contributed by atoms with Crippen LogP contribution in [0.3, 0.4) is 0 Å². The van der Waals surface area contributed by atoms with Gasteiger partial charge < -0.3 is 24.8 Å². The van der Waals surface area contributed by atoms with Gasteiger partial charge in [-0.15, -0.1) is 5.10 Å². The van der Waals surface area contributed by atoms with Crippen molar-refractivity contribution in [1.29, 1.82) is 0 Å². The van der Waals surface area contributed by atoms with Crippen LogP contribution >= 0.6 is 27.7 Å². The lowest BCUT2D eigenvalue weighted by Gasteiger charge is -2.29. The summed E-state index contributed by atoms with van der Waals surface area (Å²) >= 11 is 5.26. The van der Waals surface area contributed by atoms with Crippen LogP contribution in [0.1, 0.15) is 59.6 Å². The van der Waals surface area contributed by atoms with E-state index in [1.54, 1.807) is 16.4 Å². The molecule has 0 aliphatic carbocycles. The Bertz CT molecular complexity index is 1410. The maximum absolute atomic E-state index is 14.0. The van der Waals surface area contributed by atoms with E-state index in [9.17, 15) is 4.79 Å². The fourth-order valence-corrected chi connectivity index (χ4v) is 5.64. The molecule has 2 heterocycles. The standard InChI is InChI=1S/C30H38BrN5O4S/c1-7-38-23-13-11-10-12-22(23)33-28(37)25-19(6)32-29-34-30(41-9-3)35-36(29)26(25)20-16-21(31)27(24(17-20)39-8-2)40-15-14-18(4)5/h10-13,16-18,26H,7-9,14-15H2,1-6H3,(H,33,37)(H,32,34,35). The molecule has 1 amide bonds. The van der Waals surface area contributed by atoms with Gasteiger partial charge in [-0.2, -0.15) is 4.98 Å².